The molecule has 19 heavy (non-hydrogen) atoms. The number of aromatic nitrogens is 2. The standard InChI is InChI=1S/C11H12N4O2S.Na/c1-8-6-7-13-11(14-8)15-18(16,17)10-4-2-9(12)3-5-10;/h2-7H,12H2,1H3,(H,13,14,15);/q;+1. The first-order valence-corrected chi connectivity index (χ1v) is 6.64. The van der Waals surface area contributed by atoms with Gasteiger partial charge in [-0.15, -0.1) is 0 Å². The summed E-state index contributed by atoms with van der Waals surface area (Å²) in [5, 5.41) is 0. The first-order chi connectivity index (χ1) is 8.47. The minimum absolute atomic E-state index is 0. The van der Waals surface area contributed by atoms with Crippen molar-refractivity contribution in [1.29, 1.82) is 0 Å². The van der Waals surface area contributed by atoms with Crippen molar-refractivity contribution in [3.05, 3.63) is 42.2 Å². The summed E-state index contributed by atoms with van der Waals surface area (Å²) in [6, 6.07) is 7.57. The Hall–Kier alpha value is -1.15. The van der Waals surface area contributed by atoms with E-state index < -0.39 is 10.0 Å². The van der Waals surface area contributed by atoms with Gasteiger partial charge in [0.25, 0.3) is 10.0 Å². The molecule has 0 unspecified atom stereocenters. The van der Waals surface area contributed by atoms with Crippen molar-refractivity contribution in [2.75, 3.05) is 10.5 Å². The second-order valence-electron chi connectivity index (χ2n) is 3.70. The number of nitrogens with zero attached hydrogens (tertiary/aromatic N) is 2. The van der Waals surface area contributed by atoms with Crippen molar-refractivity contribution < 1.29 is 38.0 Å². The molecule has 6 nitrogen and oxygen atoms in total. The summed E-state index contributed by atoms with van der Waals surface area (Å²) in [5.41, 5.74) is 6.68. The normalized spacial score (nSPS) is 10.6. The molecule has 0 aliphatic carbocycles. The summed E-state index contributed by atoms with van der Waals surface area (Å²) >= 11 is 0. The van der Waals surface area contributed by atoms with Crippen molar-refractivity contribution in [3.8, 4) is 0 Å². The Labute approximate surface area is 133 Å². The average molecular weight is 287 g/mol. The van der Waals surface area contributed by atoms with Gasteiger partial charge in [-0.1, -0.05) is 0 Å². The molecule has 0 atom stereocenters. The maximum Gasteiger partial charge on any atom is 1.00 e. The number of nitrogens with one attached hydrogen (secondary N) is 1. The second kappa shape index (κ2) is 6.33. The number of benzene rings is 1. The molecule has 1 aromatic heterocycles. The molecule has 1 heterocycles. The third kappa shape index (κ3) is 4.17. The van der Waals surface area contributed by atoms with Crippen molar-refractivity contribution >= 4 is 21.7 Å². The first-order valence-electron chi connectivity index (χ1n) is 5.15. The van der Waals surface area contributed by atoms with Crippen LogP contribution in [0.1, 0.15) is 5.69 Å². The molecule has 0 radical (unpaired) electrons. The minimum atomic E-state index is -3.68. The van der Waals surface area contributed by atoms with E-state index in [0.717, 1.165) is 0 Å². The molecule has 0 fully saturated rings. The number of hydrogen-bond acceptors (Lipinski definition) is 5. The van der Waals surface area contributed by atoms with Crippen molar-refractivity contribution in [3.63, 3.8) is 0 Å². The molecule has 8 heteroatoms. The molecule has 94 valence electrons. The molecular formula is C11H12N4NaO2S+. The monoisotopic (exact) mass is 287 g/mol. The van der Waals surface area contributed by atoms with Gasteiger partial charge < -0.3 is 5.73 Å². The number of nitrogen functional groups attached to an aromatic ring is 1. The van der Waals surface area contributed by atoms with Crippen LogP contribution in [0.5, 0.6) is 0 Å². The number of anilines is 2. The van der Waals surface area contributed by atoms with E-state index >= 15 is 0 Å². The quantitative estimate of drug-likeness (QED) is 0.511. The molecule has 0 bridgehead atoms. The summed E-state index contributed by atoms with van der Waals surface area (Å²) < 4.78 is 26.3. The van der Waals surface area contributed by atoms with E-state index in [9.17, 15) is 8.42 Å². The Bertz CT molecular complexity index is 659. The number of sulfonamides is 1. The van der Waals surface area contributed by atoms with E-state index in [1.165, 1.54) is 30.5 Å². The van der Waals surface area contributed by atoms with Crippen LogP contribution in [0.2, 0.25) is 0 Å². The van der Waals surface area contributed by atoms with Crippen LogP contribution in [0.4, 0.5) is 11.6 Å². The van der Waals surface area contributed by atoms with Gasteiger partial charge in [0, 0.05) is 17.6 Å². The summed E-state index contributed by atoms with van der Waals surface area (Å²) in [4.78, 5) is 7.93. The predicted molar refractivity (Wildman–Crippen MR) is 68.4 cm³/mol. The van der Waals surface area contributed by atoms with E-state index in [2.05, 4.69) is 14.7 Å². The van der Waals surface area contributed by atoms with E-state index in [1.54, 1.807) is 13.0 Å². The van der Waals surface area contributed by atoms with Crippen LogP contribution in [-0.2, 0) is 10.0 Å². The van der Waals surface area contributed by atoms with Crippen LogP contribution in [0.3, 0.4) is 0 Å². The Morgan fingerprint density at radius 2 is 1.79 bits per heavy atom. The SMILES string of the molecule is Cc1ccnc(NS(=O)(=O)c2ccc(N)cc2)n1.[Na+]. The van der Waals surface area contributed by atoms with Crippen LogP contribution >= 0.6 is 0 Å². The Kier molecular flexibility index (Phi) is 5.30. The number of hydrogen-bond donors (Lipinski definition) is 2. The fourth-order valence-corrected chi connectivity index (χ4v) is 2.28. The topological polar surface area (TPSA) is 98.0 Å². The van der Waals surface area contributed by atoms with Crippen molar-refractivity contribution in [2.24, 2.45) is 0 Å². The first kappa shape index (κ1) is 15.9. The van der Waals surface area contributed by atoms with Crippen molar-refractivity contribution in [2.45, 2.75) is 11.8 Å². The number of nitrogens with two attached hydrogens (primary N) is 1. The molecule has 2 rings (SSSR count). The van der Waals surface area contributed by atoms with Gasteiger partial charge in [-0.25, -0.2) is 23.1 Å². The van der Waals surface area contributed by atoms with Crippen LogP contribution in [0.15, 0.2) is 41.4 Å². The molecule has 0 saturated heterocycles. The smallest absolute Gasteiger partial charge is 0.399 e. The Balaban J connectivity index is 0.00000180. The fourth-order valence-electron chi connectivity index (χ4n) is 1.32. The average Bonchev–Trinajstić information content (AvgIpc) is 2.29. The number of aryl methyl sites for hydroxylation is 1. The van der Waals surface area contributed by atoms with E-state index in [4.69, 9.17) is 5.73 Å². The number of rotatable bonds is 3. The third-order valence-corrected chi connectivity index (χ3v) is 3.55. The molecule has 0 aliphatic heterocycles. The molecular weight excluding hydrogens is 275 g/mol. The summed E-state index contributed by atoms with van der Waals surface area (Å²) in [5.74, 6) is 0.0480. The van der Waals surface area contributed by atoms with Gasteiger partial charge in [-0.2, -0.15) is 0 Å². The van der Waals surface area contributed by atoms with Crippen LogP contribution < -0.4 is 40.0 Å². The van der Waals surface area contributed by atoms with Gasteiger partial charge in [0.05, 0.1) is 4.90 Å². The largest absolute Gasteiger partial charge is 1.00 e. The molecule has 2 aromatic rings. The van der Waals surface area contributed by atoms with Gasteiger partial charge >= 0.3 is 29.6 Å². The van der Waals surface area contributed by atoms with Crippen LogP contribution in [0.25, 0.3) is 0 Å². The minimum Gasteiger partial charge on any atom is -0.399 e. The Morgan fingerprint density at radius 3 is 2.37 bits per heavy atom. The van der Waals surface area contributed by atoms with Crippen LogP contribution in [0, 0.1) is 6.92 Å². The van der Waals surface area contributed by atoms with E-state index in [0.29, 0.717) is 11.4 Å². The van der Waals surface area contributed by atoms with Gasteiger partial charge in [0.1, 0.15) is 0 Å². The molecule has 0 amide bonds. The second-order valence-corrected chi connectivity index (χ2v) is 5.38. The molecule has 0 aliphatic rings. The summed E-state index contributed by atoms with van der Waals surface area (Å²) in [6.45, 7) is 1.75. The van der Waals surface area contributed by atoms with Gasteiger partial charge in [0.2, 0.25) is 5.95 Å². The molecule has 1 aromatic carbocycles. The molecule has 0 saturated carbocycles. The zero-order valence-electron chi connectivity index (χ0n) is 10.7. The summed E-state index contributed by atoms with van der Waals surface area (Å²) in [7, 11) is -3.68. The maximum absolute atomic E-state index is 12.0. The molecule has 0 spiro atoms. The summed E-state index contributed by atoms with van der Waals surface area (Å²) in [6.07, 6.45) is 1.49. The zero-order chi connectivity index (χ0) is 13.2. The van der Waals surface area contributed by atoms with Crippen molar-refractivity contribution in [1.82, 2.24) is 9.97 Å². The van der Waals surface area contributed by atoms with Gasteiger partial charge in [0.15, 0.2) is 0 Å². The maximum atomic E-state index is 12.0. The Morgan fingerprint density at radius 1 is 1.16 bits per heavy atom. The zero-order valence-corrected chi connectivity index (χ0v) is 13.5. The fraction of sp³-hybridized carbons (Fsp3) is 0.0909. The van der Waals surface area contributed by atoms with E-state index in [1.807, 2.05) is 0 Å². The molecule has 3 N–H and O–H groups in total. The van der Waals surface area contributed by atoms with Crippen LogP contribution in [-0.4, -0.2) is 18.4 Å². The van der Waals surface area contributed by atoms with E-state index in [-0.39, 0.29) is 40.4 Å². The van der Waals surface area contributed by atoms with Gasteiger partial charge in [-0.05, 0) is 37.3 Å². The van der Waals surface area contributed by atoms with Gasteiger partial charge in [-0.3, -0.25) is 0 Å². The third-order valence-electron chi connectivity index (χ3n) is 2.21. The predicted octanol–water partition coefficient (Wildman–Crippen LogP) is -1.83.